The Kier molecular flexibility index (Phi) is 4.57. The summed E-state index contributed by atoms with van der Waals surface area (Å²) < 4.78 is 18.7. The van der Waals surface area contributed by atoms with Gasteiger partial charge in [-0.1, -0.05) is 18.2 Å². The third-order valence-electron chi connectivity index (χ3n) is 3.82. The van der Waals surface area contributed by atoms with E-state index in [1.54, 1.807) is 0 Å². The topological polar surface area (TPSA) is 75.0 Å². The van der Waals surface area contributed by atoms with Gasteiger partial charge in [-0.2, -0.15) is 5.26 Å². The number of benzene rings is 2. The minimum Gasteiger partial charge on any atom is -0.465 e. The third kappa shape index (κ3) is 3.26. The molecule has 0 bridgehead atoms. The maximum atomic E-state index is 14.1. The van der Waals surface area contributed by atoms with Gasteiger partial charge in [0.1, 0.15) is 11.9 Å². The Balaban J connectivity index is 1.96. The normalized spacial score (nSPS) is 10.3. The summed E-state index contributed by atoms with van der Waals surface area (Å²) in [6.45, 7) is 0.110. The number of para-hydroxylation sites is 1. The van der Waals surface area contributed by atoms with Crippen LogP contribution in [0, 0.1) is 17.1 Å². The summed E-state index contributed by atoms with van der Waals surface area (Å²) >= 11 is 0. The predicted molar refractivity (Wildman–Crippen MR) is 91.5 cm³/mol. The number of aromatic nitrogens is 1. The van der Waals surface area contributed by atoms with Crippen molar-refractivity contribution in [1.82, 2.24) is 4.98 Å². The molecule has 3 rings (SSSR count). The SMILES string of the molecule is COC(=O)c1ccc(F)c(CNc2c(C#N)cnc3ccccc23)c1. The van der Waals surface area contributed by atoms with Crippen LogP contribution in [0.5, 0.6) is 0 Å². The van der Waals surface area contributed by atoms with Crippen LogP contribution in [-0.4, -0.2) is 18.1 Å². The number of carbonyl (C=O) groups excluding carboxylic acids is 1. The molecule has 0 saturated heterocycles. The Hall–Kier alpha value is -3.46. The maximum absolute atomic E-state index is 14.1. The summed E-state index contributed by atoms with van der Waals surface area (Å²) in [7, 11) is 1.27. The fourth-order valence-corrected chi connectivity index (χ4v) is 2.56. The van der Waals surface area contributed by atoms with E-state index < -0.39 is 11.8 Å². The average molecular weight is 335 g/mol. The summed E-state index contributed by atoms with van der Waals surface area (Å²) in [6.07, 6.45) is 1.48. The number of nitrogens with one attached hydrogen (secondary N) is 1. The zero-order valence-corrected chi connectivity index (χ0v) is 13.4. The molecule has 0 aliphatic carbocycles. The van der Waals surface area contributed by atoms with E-state index in [9.17, 15) is 14.4 Å². The summed E-state index contributed by atoms with van der Waals surface area (Å²) in [6, 6.07) is 13.5. The predicted octanol–water partition coefficient (Wildman–Crippen LogP) is 3.64. The molecule has 124 valence electrons. The van der Waals surface area contributed by atoms with Gasteiger partial charge in [-0.3, -0.25) is 4.98 Å². The minimum atomic E-state index is -0.534. The van der Waals surface area contributed by atoms with Gasteiger partial charge in [-0.15, -0.1) is 0 Å². The van der Waals surface area contributed by atoms with Crippen molar-refractivity contribution in [3.63, 3.8) is 0 Å². The zero-order valence-electron chi connectivity index (χ0n) is 13.4. The fraction of sp³-hybridized carbons (Fsp3) is 0.105. The second-order valence-electron chi connectivity index (χ2n) is 5.33. The van der Waals surface area contributed by atoms with E-state index in [0.717, 1.165) is 10.9 Å². The lowest BCUT2D eigenvalue weighted by Gasteiger charge is -2.12. The van der Waals surface area contributed by atoms with Crippen molar-refractivity contribution in [2.75, 3.05) is 12.4 Å². The van der Waals surface area contributed by atoms with Gasteiger partial charge in [0.05, 0.1) is 29.4 Å². The Morgan fingerprint density at radius 1 is 1.32 bits per heavy atom. The Morgan fingerprint density at radius 3 is 2.88 bits per heavy atom. The molecular formula is C19H14FN3O2. The molecule has 1 aromatic heterocycles. The highest BCUT2D eigenvalue weighted by molar-refractivity contribution is 5.94. The highest BCUT2D eigenvalue weighted by Crippen LogP contribution is 2.26. The third-order valence-corrected chi connectivity index (χ3v) is 3.82. The van der Waals surface area contributed by atoms with Crippen LogP contribution < -0.4 is 5.32 Å². The largest absolute Gasteiger partial charge is 0.465 e. The van der Waals surface area contributed by atoms with Crippen LogP contribution in [0.4, 0.5) is 10.1 Å². The Morgan fingerprint density at radius 2 is 2.12 bits per heavy atom. The fourth-order valence-electron chi connectivity index (χ4n) is 2.56. The first-order valence-corrected chi connectivity index (χ1v) is 7.52. The number of halogens is 1. The lowest BCUT2D eigenvalue weighted by Crippen LogP contribution is -2.07. The van der Waals surface area contributed by atoms with Gasteiger partial charge in [-0.25, -0.2) is 9.18 Å². The van der Waals surface area contributed by atoms with E-state index in [0.29, 0.717) is 16.8 Å². The van der Waals surface area contributed by atoms with Crippen LogP contribution in [0.1, 0.15) is 21.5 Å². The minimum absolute atomic E-state index is 0.110. The molecule has 0 spiro atoms. The van der Waals surface area contributed by atoms with Gasteiger partial charge < -0.3 is 10.1 Å². The van der Waals surface area contributed by atoms with Gasteiger partial charge in [0.2, 0.25) is 0 Å². The number of esters is 1. The van der Waals surface area contributed by atoms with E-state index in [-0.39, 0.29) is 12.1 Å². The molecule has 0 fully saturated rings. The summed E-state index contributed by atoms with van der Waals surface area (Å²) in [5.41, 5.74) is 2.24. The molecule has 2 aromatic carbocycles. The molecule has 6 heteroatoms. The number of nitriles is 1. The maximum Gasteiger partial charge on any atom is 0.337 e. The van der Waals surface area contributed by atoms with Crippen LogP contribution >= 0.6 is 0 Å². The first-order valence-electron chi connectivity index (χ1n) is 7.52. The van der Waals surface area contributed by atoms with Gasteiger partial charge in [0, 0.05) is 23.7 Å². The van der Waals surface area contributed by atoms with Gasteiger partial charge >= 0.3 is 5.97 Å². The number of hydrogen-bond acceptors (Lipinski definition) is 5. The molecule has 0 atom stereocenters. The first kappa shape index (κ1) is 16.4. The number of carbonyl (C=O) groups is 1. The van der Waals surface area contributed by atoms with E-state index in [1.165, 1.54) is 31.5 Å². The summed E-state index contributed by atoms with van der Waals surface area (Å²) in [4.78, 5) is 15.8. The lowest BCUT2D eigenvalue weighted by molar-refractivity contribution is 0.0600. The molecule has 0 radical (unpaired) electrons. The molecule has 0 aliphatic rings. The lowest BCUT2D eigenvalue weighted by atomic mass is 10.1. The molecule has 0 amide bonds. The van der Waals surface area contributed by atoms with Crippen LogP contribution in [0.25, 0.3) is 10.9 Å². The van der Waals surface area contributed by atoms with Gasteiger partial charge in [0.25, 0.3) is 0 Å². The Bertz CT molecular complexity index is 996. The second-order valence-corrected chi connectivity index (χ2v) is 5.33. The number of anilines is 1. The van der Waals surface area contributed by atoms with Crippen molar-refractivity contribution in [2.24, 2.45) is 0 Å². The smallest absolute Gasteiger partial charge is 0.337 e. The van der Waals surface area contributed by atoms with E-state index >= 15 is 0 Å². The van der Waals surface area contributed by atoms with Crippen molar-refractivity contribution in [3.8, 4) is 6.07 Å². The van der Waals surface area contributed by atoms with Crippen molar-refractivity contribution in [2.45, 2.75) is 6.54 Å². The van der Waals surface area contributed by atoms with Crippen LogP contribution in [0.15, 0.2) is 48.7 Å². The molecule has 0 unspecified atom stereocenters. The quantitative estimate of drug-likeness (QED) is 0.737. The van der Waals surface area contributed by atoms with Crippen molar-refractivity contribution >= 4 is 22.6 Å². The second kappa shape index (κ2) is 6.97. The molecule has 5 nitrogen and oxygen atoms in total. The van der Waals surface area contributed by atoms with Gasteiger partial charge in [-0.05, 0) is 24.3 Å². The molecule has 1 heterocycles. The number of methoxy groups -OCH3 is 1. The number of hydrogen-bond donors (Lipinski definition) is 1. The molecule has 1 N–H and O–H groups in total. The summed E-state index contributed by atoms with van der Waals surface area (Å²) in [5, 5.41) is 13.2. The highest BCUT2D eigenvalue weighted by Gasteiger charge is 2.12. The van der Waals surface area contributed by atoms with Crippen molar-refractivity contribution < 1.29 is 13.9 Å². The Labute approximate surface area is 143 Å². The number of fused-ring (bicyclic) bond motifs is 1. The number of nitrogens with zero attached hydrogens (tertiary/aromatic N) is 2. The molecular weight excluding hydrogens is 321 g/mol. The molecule has 0 aliphatic heterocycles. The van der Waals surface area contributed by atoms with Crippen LogP contribution in [-0.2, 0) is 11.3 Å². The molecule has 0 saturated carbocycles. The van der Waals surface area contributed by atoms with E-state index in [4.69, 9.17) is 0 Å². The van der Waals surface area contributed by atoms with Crippen molar-refractivity contribution in [1.29, 1.82) is 5.26 Å². The van der Waals surface area contributed by atoms with E-state index in [1.807, 2.05) is 24.3 Å². The molecule has 3 aromatic rings. The first-order chi connectivity index (χ1) is 12.1. The number of ether oxygens (including phenoxy) is 1. The number of rotatable bonds is 4. The van der Waals surface area contributed by atoms with Crippen LogP contribution in [0.2, 0.25) is 0 Å². The van der Waals surface area contributed by atoms with Crippen molar-refractivity contribution in [3.05, 3.63) is 71.2 Å². The monoisotopic (exact) mass is 335 g/mol. The summed E-state index contributed by atoms with van der Waals surface area (Å²) in [5.74, 6) is -0.981. The highest BCUT2D eigenvalue weighted by atomic mass is 19.1. The van der Waals surface area contributed by atoms with Crippen LogP contribution in [0.3, 0.4) is 0 Å². The number of pyridine rings is 1. The van der Waals surface area contributed by atoms with Gasteiger partial charge in [0.15, 0.2) is 0 Å². The molecule has 25 heavy (non-hydrogen) atoms. The standard InChI is InChI=1S/C19H14FN3O2/c1-25-19(24)12-6-7-16(20)13(8-12)10-23-18-14(9-21)11-22-17-5-3-2-4-15(17)18/h2-8,11H,10H2,1H3,(H,22,23). The van der Waals surface area contributed by atoms with E-state index in [2.05, 4.69) is 21.1 Å². The zero-order chi connectivity index (χ0) is 17.8. The average Bonchev–Trinajstić information content (AvgIpc) is 2.66.